The number of rotatable bonds is 7. The summed E-state index contributed by atoms with van der Waals surface area (Å²) >= 11 is 0. The van der Waals surface area contributed by atoms with Crippen LogP contribution in [0.5, 0.6) is 0 Å². The number of alkyl halides is 3. The zero-order valence-corrected chi connectivity index (χ0v) is 12.3. The molecule has 118 valence electrons. The average Bonchev–Trinajstić information content (AvgIpc) is 2.32. The Morgan fingerprint density at radius 1 is 1.30 bits per heavy atom. The zero-order valence-electron chi connectivity index (χ0n) is 12.3. The van der Waals surface area contributed by atoms with Gasteiger partial charge in [0, 0.05) is 12.5 Å². The maximum absolute atomic E-state index is 12.7. The molecule has 0 aromatic rings. The predicted molar refractivity (Wildman–Crippen MR) is 72.1 cm³/mol. The molecule has 0 radical (unpaired) electrons. The lowest BCUT2D eigenvalue weighted by atomic mass is 9.66. The summed E-state index contributed by atoms with van der Waals surface area (Å²) in [6.45, 7) is 2.85. The zero-order chi connectivity index (χ0) is 15.4. The maximum atomic E-state index is 12.7. The van der Waals surface area contributed by atoms with Crippen LogP contribution in [0.15, 0.2) is 0 Å². The Bertz CT molecular complexity index is 317. The molecule has 3 nitrogen and oxygen atoms in total. The van der Waals surface area contributed by atoms with Gasteiger partial charge in [-0.1, -0.05) is 20.3 Å². The molecule has 1 fully saturated rings. The fraction of sp³-hybridized carbons (Fsp3) is 0.929. The molecule has 20 heavy (non-hydrogen) atoms. The molecule has 0 aromatic carbocycles. The molecule has 2 N–H and O–H groups in total. The minimum absolute atomic E-state index is 0.149. The van der Waals surface area contributed by atoms with E-state index < -0.39 is 18.6 Å². The molecule has 0 aromatic heterocycles. The summed E-state index contributed by atoms with van der Waals surface area (Å²) < 4.78 is 38.1. The molecule has 0 spiro atoms. The fourth-order valence-electron chi connectivity index (χ4n) is 2.90. The van der Waals surface area contributed by atoms with Gasteiger partial charge in [0.15, 0.2) is 0 Å². The average molecular weight is 294 g/mol. The minimum atomic E-state index is -4.35. The standard InChI is InChI=1S/C14H25F3N2O/c1-3-11(4-2)19(10-14(15,16)17)12(20)8-13(9-18)6-5-7-13/h11H,3-10,18H2,1-2H3. The molecule has 1 aliphatic rings. The van der Waals surface area contributed by atoms with Gasteiger partial charge in [0.1, 0.15) is 6.54 Å². The van der Waals surface area contributed by atoms with Crippen LogP contribution >= 0.6 is 0 Å². The van der Waals surface area contributed by atoms with E-state index in [0.717, 1.165) is 24.2 Å². The highest BCUT2D eigenvalue weighted by molar-refractivity contribution is 5.77. The minimum Gasteiger partial charge on any atom is -0.331 e. The van der Waals surface area contributed by atoms with E-state index >= 15 is 0 Å². The number of nitrogens with two attached hydrogens (primary N) is 1. The Kier molecular flexibility index (Phi) is 5.86. The molecule has 0 bridgehead atoms. The molecule has 0 saturated heterocycles. The highest BCUT2D eigenvalue weighted by Crippen LogP contribution is 2.43. The Hall–Kier alpha value is -0.780. The van der Waals surface area contributed by atoms with Crippen LogP contribution < -0.4 is 5.73 Å². The van der Waals surface area contributed by atoms with E-state index in [0.29, 0.717) is 19.4 Å². The number of nitrogens with zero attached hydrogens (tertiary/aromatic N) is 1. The van der Waals surface area contributed by atoms with Crippen LogP contribution in [0.4, 0.5) is 13.2 Å². The SMILES string of the molecule is CCC(CC)N(CC(F)(F)F)C(=O)CC1(CN)CCC1. The molecular weight excluding hydrogens is 269 g/mol. The monoisotopic (exact) mass is 294 g/mol. The number of carbonyl (C=O) groups is 1. The highest BCUT2D eigenvalue weighted by Gasteiger charge is 2.41. The summed E-state index contributed by atoms with van der Waals surface area (Å²) in [7, 11) is 0. The Labute approximate surface area is 118 Å². The Balaban J connectivity index is 2.78. The summed E-state index contributed by atoms with van der Waals surface area (Å²) in [6, 6.07) is -0.348. The fourth-order valence-corrected chi connectivity index (χ4v) is 2.90. The van der Waals surface area contributed by atoms with E-state index in [2.05, 4.69) is 0 Å². The van der Waals surface area contributed by atoms with Crippen LogP contribution in [0.3, 0.4) is 0 Å². The molecule has 6 heteroatoms. The van der Waals surface area contributed by atoms with E-state index in [1.165, 1.54) is 0 Å². The lowest BCUT2D eigenvalue weighted by molar-refractivity contribution is -0.168. The second-order valence-corrected chi connectivity index (χ2v) is 5.84. The van der Waals surface area contributed by atoms with Gasteiger partial charge in [0.25, 0.3) is 0 Å². The molecule has 0 aliphatic heterocycles. The number of amides is 1. The topological polar surface area (TPSA) is 46.3 Å². The highest BCUT2D eigenvalue weighted by atomic mass is 19.4. The number of hydrogen-bond acceptors (Lipinski definition) is 2. The van der Waals surface area contributed by atoms with Gasteiger partial charge in [0.05, 0.1) is 0 Å². The maximum Gasteiger partial charge on any atom is 0.406 e. The van der Waals surface area contributed by atoms with E-state index in [4.69, 9.17) is 5.73 Å². The first-order chi connectivity index (χ1) is 9.27. The normalized spacial score (nSPS) is 17.9. The summed E-state index contributed by atoms with van der Waals surface area (Å²) in [4.78, 5) is 13.3. The second kappa shape index (κ2) is 6.78. The number of halogens is 3. The number of carbonyl (C=O) groups excluding carboxylic acids is 1. The van der Waals surface area contributed by atoms with Crippen LogP contribution in [0.25, 0.3) is 0 Å². The van der Waals surface area contributed by atoms with Crippen molar-refractivity contribution in [3.63, 3.8) is 0 Å². The molecule has 1 saturated carbocycles. The van der Waals surface area contributed by atoms with Crippen molar-refractivity contribution in [1.29, 1.82) is 0 Å². The van der Waals surface area contributed by atoms with Gasteiger partial charge in [-0.15, -0.1) is 0 Å². The van der Waals surface area contributed by atoms with Crippen molar-refractivity contribution in [3.05, 3.63) is 0 Å². The Morgan fingerprint density at radius 2 is 1.85 bits per heavy atom. The molecule has 1 amide bonds. The van der Waals surface area contributed by atoms with Gasteiger partial charge in [-0.3, -0.25) is 4.79 Å². The molecule has 0 heterocycles. The van der Waals surface area contributed by atoms with Gasteiger partial charge >= 0.3 is 6.18 Å². The first kappa shape index (κ1) is 17.3. The first-order valence-corrected chi connectivity index (χ1v) is 7.33. The summed E-state index contributed by atoms with van der Waals surface area (Å²) in [5.41, 5.74) is 5.44. The third-order valence-electron chi connectivity index (χ3n) is 4.43. The third-order valence-corrected chi connectivity index (χ3v) is 4.43. The van der Waals surface area contributed by atoms with Crippen molar-refractivity contribution >= 4 is 5.91 Å². The van der Waals surface area contributed by atoms with Crippen molar-refractivity contribution in [3.8, 4) is 0 Å². The lowest BCUT2D eigenvalue weighted by Gasteiger charge is -2.42. The summed E-state index contributed by atoms with van der Waals surface area (Å²) in [5.74, 6) is -0.402. The van der Waals surface area contributed by atoms with E-state index in [1.807, 2.05) is 13.8 Å². The van der Waals surface area contributed by atoms with Crippen LogP contribution in [0, 0.1) is 5.41 Å². The molecule has 1 aliphatic carbocycles. The van der Waals surface area contributed by atoms with Gasteiger partial charge in [0.2, 0.25) is 5.91 Å². The van der Waals surface area contributed by atoms with Gasteiger partial charge < -0.3 is 10.6 Å². The van der Waals surface area contributed by atoms with Crippen LogP contribution in [-0.2, 0) is 4.79 Å². The van der Waals surface area contributed by atoms with Gasteiger partial charge in [-0.05, 0) is 37.6 Å². The molecule has 1 rings (SSSR count). The van der Waals surface area contributed by atoms with Crippen molar-refractivity contribution in [1.82, 2.24) is 4.90 Å². The third kappa shape index (κ3) is 4.36. The van der Waals surface area contributed by atoms with Crippen LogP contribution in [0.1, 0.15) is 52.4 Å². The molecule has 0 atom stereocenters. The van der Waals surface area contributed by atoms with E-state index in [9.17, 15) is 18.0 Å². The van der Waals surface area contributed by atoms with Gasteiger partial charge in [-0.2, -0.15) is 13.2 Å². The number of hydrogen-bond donors (Lipinski definition) is 1. The van der Waals surface area contributed by atoms with Crippen molar-refractivity contribution in [2.45, 2.75) is 64.6 Å². The predicted octanol–water partition coefficient (Wildman–Crippen LogP) is 3.09. The lowest BCUT2D eigenvalue weighted by Crippen LogP contribution is -2.49. The smallest absolute Gasteiger partial charge is 0.331 e. The Morgan fingerprint density at radius 3 is 2.15 bits per heavy atom. The first-order valence-electron chi connectivity index (χ1n) is 7.33. The molecule has 0 unspecified atom stereocenters. The molecular formula is C14H25F3N2O. The largest absolute Gasteiger partial charge is 0.406 e. The van der Waals surface area contributed by atoms with Crippen LogP contribution in [0.2, 0.25) is 0 Å². The summed E-state index contributed by atoms with van der Waals surface area (Å²) in [6.07, 6.45) is -0.434. The van der Waals surface area contributed by atoms with E-state index in [-0.39, 0.29) is 17.9 Å². The van der Waals surface area contributed by atoms with E-state index in [1.54, 1.807) is 0 Å². The van der Waals surface area contributed by atoms with Crippen molar-refractivity contribution in [2.24, 2.45) is 11.1 Å². The second-order valence-electron chi connectivity index (χ2n) is 5.84. The van der Waals surface area contributed by atoms with Gasteiger partial charge in [-0.25, -0.2) is 0 Å². The van der Waals surface area contributed by atoms with Crippen LogP contribution in [-0.4, -0.2) is 36.1 Å². The summed E-state index contributed by atoms with van der Waals surface area (Å²) in [5, 5.41) is 0. The van der Waals surface area contributed by atoms with Crippen molar-refractivity contribution in [2.75, 3.05) is 13.1 Å². The quantitative estimate of drug-likeness (QED) is 0.784. The van der Waals surface area contributed by atoms with Crippen molar-refractivity contribution < 1.29 is 18.0 Å².